The predicted molar refractivity (Wildman–Crippen MR) is 47.9 cm³/mol. The number of allylic oxidation sites excluding steroid dienone is 1. The Labute approximate surface area is 73.8 Å². The van der Waals surface area contributed by atoms with Crippen LogP contribution < -0.4 is 0 Å². The third-order valence-electron chi connectivity index (χ3n) is 4.03. The highest BCUT2D eigenvalue weighted by atomic mass is 16.5. The first-order chi connectivity index (χ1) is 5.80. The van der Waals surface area contributed by atoms with Crippen LogP contribution in [0.25, 0.3) is 0 Å². The highest BCUT2D eigenvalue weighted by Gasteiger charge is 2.55. The molecule has 0 amide bonds. The number of rotatable bonds is 0. The molecule has 0 unspecified atom stereocenters. The highest BCUT2D eigenvalue weighted by Crippen LogP contribution is 2.54. The minimum absolute atomic E-state index is 0.233. The van der Waals surface area contributed by atoms with Crippen LogP contribution in [0, 0.1) is 11.8 Å². The zero-order valence-corrected chi connectivity index (χ0v) is 7.62. The van der Waals surface area contributed by atoms with Gasteiger partial charge in [-0.15, -0.1) is 0 Å². The fourth-order valence-corrected chi connectivity index (χ4v) is 3.40. The molecule has 3 aliphatic rings. The van der Waals surface area contributed by atoms with E-state index in [-0.39, 0.29) is 5.60 Å². The van der Waals surface area contributed by atoms with E-state index in [1.165, 1.54) is 25.7 Å². The van der Waals surface area contributed by atoms with Gasteiger partial charge in [-0.05, 0) is 38.5 Å². The van der Waals surface area contributed by atoms with Gasteiger partial charge in [-0.1, -0.05) is 12.2 Å². The van der Waals surface area contributed by atoms with Crippen molar-refractivity contribution in [1.29, 1.82) is 0 Å². The fraction of sp³-hybridized carbons (Fsp3) is 0.818. The van der Waals surface area contributed by atoms with Crippen LogP contribution in [-0.4, -0.2) is 11.7 Å². The molecule has 0 N–H and O–H groups in total. The van der Waals surface area contributed by atoms with E-state index in [2.05, 4.69) is 19.1 Å². The SMILES string of the molecule is C[C@]12CCC=C[C@@H]3[C@H](CC[C@@H]31)O2. The van der Waals surface area contributed by atoms with Crippen molar-refractivity contribution in [3.05, 3.63) is 12.2 Å². The van der Waals surface area contributed by atoms with Crippen LogP contribution in [0.4, 0.5) is 0 Å². The summed E-state index contributed by atoms with van der Waals surface area (Å²) in [5.74, 6) is 1.60. The Morgan fingerprint density at radius 1 is 1.42 bits per heavy atom. The number of hydrogen-bond acceptors (Lipinski definition) is 1. The molecule has 0 aromatic heterocycles. The molecule has 1 saturated heterocycles. The Morgan fingerprint density at radius 2 is 2.33 bits per heavy atom. The maximum absolute atomic E-state index is 6.10. The summed E-state index contributed by atoms with van der Waals surface area (Å²) in [4.78, 5) is 0. The average Bonchev–Trinajstić information content (AvgIpc) is 2.44. The van der Waals surface area contributed by atoms with Crippen molar-refractivity contribution in [2.45, 2.75) is 44.3 Å². The zero-order chi connectivity index (χ0) is 8.18. The molecule has 12 heavy (non-hydrogen) atoms. The molecule has 1 heterocycles. The summed E-state index contributed by atoms with van der Waals surface area (Å²) in [5.41, 5.74) is 0.233. The van der Waals surface area contributed by atoms with Gasteiger partial charge in [0.1, 0.15) is 0 Å². The van der Waals surface area contributed by atoms with E-state index in [0.717, 1.165) is 11.8 Å². The van der Waals surface area contributed by atoms with Gasteiger partial charge in [-0.25, -0.2) is 0 Å². The van der Waals surface area contributed by atoms with Crippen LogP contribution in [0.15, 0.2) is 12.2 Å². The summed E-state index contributed by atoms with van der Waals surface area (Å²) in [7, 11) is 0. The van der Waals surface area contributed by atoms with Crippen molar-refractivity contribution in [3.63, 3.8) is 0 Å². The highest BCUT2D eigenvalue weighted by molar-refractivity contribution is 5.13. The standard InChI is InChI=1S/C11H16O/c1-11-7-3-2-4-8-9(11)5-6-10(8)12-11/h2,4,8-10H,3,5-7H2,1H3/t8-,9-,10-,11-/m0/s1. The molecule has 0 radical (unpaired) electrons. The zero-order valence-electron chi connectivity index (χ0n) is 7.62. The summed E-state index contributed by atoms with van der Waals surface area (Å²) in [6.45, 7) is 2.32. The summed E-state index contributed by atoms with van der Waals surface area (Å²) in [6.07, 6.45) is 10.5. The van der Waals surface area contributed by atoms with Crippen molar-refractivity contribution in [1.82, 2.24) is 0 Å². The van der Waals surface area contributed by atoms with Gasteiger partial charge < -0.3 is 4.74 Å². The minimum Gasteiger partial charge on any atom is -0.371 e. The summed E-state index contributed by atoms with van der Waals surface area (Å²) in [6, 6.07) is 0. The summed E-state index contributed by atoms with van der Waals surface area (Å²) in [5, 5.41) is 0. The van der Waals surface area contributed by atoms with E-state index in [4.69, 9.17) is 4.74 Å². The third-order valence-corrected chi connectivity index (χ3v) is 4.03. The Bertz CT molecular complexity index is 233. The molecule has 4 bridgehead atoms. The Hall–Kier alpha value is -0.300. The van der Waals surface area contributed by atoms with Crippen LogP contribution in [0.2, 0.25) is 0 Å². The van der Waals surface area contributed by atoms with E-state index in [9.17, 15) is 0 Å². The summed E-state index contributed by atoms with van der Waals surface area (Å²) < 4.78 is 6.10. The van der Waals surface area contributed by atoms with Gasteiger partial charge >= 0.3 is 0 Å². The molecule has 1 heteroatoms. The van der Waals surface area contributed by atoms with E-state index in [1.807, 2.05) is 0 Å². The molecule has 1 saturated carbocycles. The second kappa shape index (κ2) is 2.14. The van der Waals surface area contributed by atoms with Crippen LogP contribution in [0.1, 0.15) is 32.6 Å². The van der Waals surface area contributed by atoms with Gasteiger partial charge in [0.15, 0.2) is 0 Å². The van der Waals surface area contributed by atoms with Crippen LogP contribution in [0.3, 0.4) is 0 Å². The maximum Gasteiger partial charge on any atom is 0.0696 e. The molecule has 0 spiro atoms. The first kappa shape index (κ1) is 7.14. The molecule has 1 aliphatic heterocycles. The van der Waals surface area contributed by atoms with Crippen molar-refractivity contribution in [3.8, 4) is 0 Å². The smallest absolute Gasteiger partial charge is 0.0696 e. The van der Waals surface area contributed by atoms with E-state index in [1.54, 1.807) is 0 Å². The van der Waals surface area contributed by atoms with Crippen molar-refractivity contribution in [2.75, 3.05) is 0 Å². The van der Waals surface area contributed by atoms with Crippen molar-refractivity contribution in [2.24, 2.45) is 11.8 Å². The van der Waals surface area contributed by atoms with Gasteiger partial charge in [-0.3, -0.25) is 0 Å². The lowest BCUT2D eigenvalue weighted by molar-refractivity contribution is -0.0782. The van der Waals surface area contributed by atoms with Crippen LogP contribution in [-0.2, 0) is 4.74 Å². The van der Waals surface area contributed by atoms with E-state index >= 15 is 0 Å². The molecule has 0 aromatic carbocycles. The van der Waals surface area contributed by atoms with Crippen LogP contribution in [0.5, 0.6) is 0 Å². The molecular weight excluding hydrogens is 148 g/mol. The Kier molecular flexibility index (Phi) is 1.27. The molecule has 3 rings (SSSR count). The molecule has 2 aliphatic carbocycles. The van der Waals surface area contributed by atoms with Gasteiger partial charge in [0.25, 0.3) is 0 Å². The number of hydrogen-bond donors (Lipinski definition) is 0. The predicted octanol–water partition coefficient (Wildman–Crippen LogP) is 2.52. The molecular formula is C11H16O. The second-order valence-electron chi connectivity index (χ2n) is 4.70. The fourth-order valence-electron chi connectivity index (χ4n) is 3.40. The van der Waals surface area contributed by atoms with Gasteiger partial charge in [0.2, 0.25) is 0 Å². The summed E-state index contributed by atoms with van der Waals surface area (Å²) >= 11 is 0. The van der Waals surface area contributed by atoms with Gasteiger partial charge in [0, 0.05) is 5.92 Å². The molecule has 0 aromatic rings. The van der Waals surface area contributed by atoms with E-state index in [0.29, 0.717) is 6.10 Å². The normalized spacial score (nSPS) is 55.9. The molecule has 1 nitrogen and oxygen atoms in total. The lowest BCUT2D eigenvalue weighted by Crippen LogP contribution is -2.34. The number of ether oxygens (including phenoxy) is 1. The molecule has 2 fully saturated rings. The Balaban J connectivity index is 2.03. The lowest BCUT2D eigenvalue weighted by Gasteiger charge is -2.33. The van der Waals surface area contributed by atoms with Crippen LogP contribution >= 0.6 is 0 Å². The lowest BCUT2D eigenvalue weighted by atomic mass is 9.82. The second-order valence-corrected chi connectivity index (χ2v) is 4.70. The Morgan fingerprint density at radius 3 is 3.25 bits per heavy atom. The minimum atomic E-state index is 0.233. The molecule has 66 valence electrons. The van der Waals surface area contributed by atoms with Crippen molar-refractivity contribution < 1.29 is 4.74 Å². The maximum atomic E-state index is 6.10. The topological polar surface area (TPSA) is 9.23 Å². The van der Waals surface area contributed by atoms with E-state index < -0.39 is 0 Å². The quantitative estimate of drug-likeness (QED) is 0.500. The monoisotopic (exact) mass is 164 g/mol. The first-order valence-electron chi connectivity index (χ1n) is 5.14. The molecule has 4 atom stereocenters. The van der Waals surface area contributed by atoms with Gasteiger partial charge in [0.05, 0.1) is 11.7 Å². The third kappa shape index (κ3) is 0.731. The first-order valence-corrected chi connectivity index (χ1v) is 5.14. The average molecular weight is 164 g/mol. The largest absolute Gasteiger partial charge is 0.371 e. The van der Waals surface area contributed by atoms with Gasteiger partial charge in [-0.2, -0.15) is 0 Å². The van der Waals surface area contributed by atoms with Crippen molar-refractivity contribution >= 4 is 0 Å².